The molecule has 0 spiro atoms. The van der Waals surface area contributed by atoms with Crippen molar-refractivity contribution in [1.29, 1.82) is 0 Å². The summed E-state index contributed by atoms with van der Waals surface area (Å²) in [7, 11) is 0. The van der Waals surface area contributed by atoms with Crippen LogP contribution in [0.25, 0.3) is 0 Å². The van der Waals surface area contributed by atoms with E-state index >= 15 is 0 Å². The van der Waals surface area contributed by atoms with Crippen LogP contribution < -0.4 is 10.6 Å². The number of benzene rings is 1. The van der Waals surface area contributed by atoms with Crippen LogP contribution in [0.15, 0.2) is 24.3 Å². The second-order valence-electron chi connectivity index (χ2n) is 4.33. The van der Waals surface area contributed by atoms with Gasteiger partial charge < -0.3 is 15.7 Å². The number of aliphatic hydroxyl groups excluding tert-OH is 1. The third-order valence-corrected chi connectivity index (χ3v) is 2.52. The number of hydrogen-bond acceptors (Lipinski definition) is 3. The molecule has 2 unspecified atom stereocenters. The molecule has 0 aliphatic carbocycles. The summed E-state index contributed by atoms with van der Waals surface area (Å²) in [4.78, 5) is 11.8. The highest BCUT2D eigenvalue weighted by molar-refractivity contribution is 5.94. The summed E-state index contributed by atoms with van der Waals surface area (Å²) in [6.45, 7) is 5.62. The highest BCUT2D eigenvalue weighted by Crippen LogP contribution is 2.08. The van der Waals surface area contributed by atoms with Gasteiger partial charge in [-0.15, -0.1) is 0 Å². The number of nitrogens with one attached hydrogen (secondary N) is 2. The lowest BCUT2D eigenvalue weighted by Gasteiger charge is -2.17. The molecule has 0 heterocycles. The second kappa shape index (κ2) is 6.37. The van der Waals surface area contributed by atoms with Crippen molar-refractivity contribution in [2.45, 2.75) is 32.9 Å². The van der Waals surface area contributed by atoms with Gasteiger partial charge >= 0.3 is 0 Å². The van der Waals surface area contributed by atoms with E-state index in [1.54, 1.807) is 6.92 Å². The Morgan fingerprint density at radius 2 is 1.88 bits per heavy atom. The summed E-state index contributed by atoms with van der Waals surface area (Å²) in [5.74, 6) is -0.103. The Bertz CT molecular complexity index is 362. The van der Waals surface area contributed by atoms with E-state index in [1.807, 2.05) is 38.1 Å². The van der Waals surface area contributed by atoms with Crippen molar-refractivity contribution in [3.05, 3.63) is 29.8 Å². The molecule has 4 nitrogen and oxygen atoms in total. The fraction of sp³-hybridized carbons (Fsp3) is 0.462. The summed E-state index contributed by atoms with van der Waals surface area (Å²) in [6.07, 6.45) is 0. The minimum absolute atomic E-state index is 0.0160. The first-order valence-electron chi connectivity index (χ1n) is 5.77. The SMILES string of the molecule is Cc1ccc(NC(=O)C(C)NC(C)CO)cc1. The van der Waals surface area contributed by atoms with Crippen LogP contribution in [0.3, 0.4) is 0 Å². The van der Waals surface area contributed by atoms with Crippen molar-refractivity contribution in [3.8, 4) is 0 Å². The van der Waals surface area contributed by atoms with Gasteiger partial charge in [0.2, 0.25) is 5.91 Å². The molecule has 0 radical (unpaired) electrons. The molecular weight excluding hydrogens is 216 g/mol. The number of carbonyl (C=O) groups is 1. The molecule has 1 amide bonds. The average molecular weight is 236 g/mol. The second-order valence-corrected chi connectivity index (χ2v) is 4.33. The number of carbonyl (C=O) groups excluding carboxylic acids is 1. The minimum Gasteiger partial charge on any atom is -0.395 e. The quantitative estimate of drug-likeness (QED) is 0.722. The number of anilines is 1. The summed E-state index contributed by atoms with van der Waals surface area (Å²) >= 11 is 0. The summed E-state index contributed by atoms with van der Waals surface area (Å²) < 4.78 is 0. The molecule has 0 saturated carbocycles. The van der Waals surface area contributed by atoms with Crippen LogP contribution >= 0.6 is 0 Å². The Labute approximate surface area is 102 Å². The van der Waals surface area contributed by atoms with E-state index in [0.717, 1.165) is 11.3 Å². The molecule has 94 valence electrons. The Balaban J connectivity index is 2.51. The van der Waals surface area contributed by atoms with Crippen molar-refractivity contribution in [2.75, 3.05) is 11.9 Å². The average Bonchev–Trinajstić information content (AvgIpc) is 2.31. The molecule has 0 aliphatic rings. The predicted octanol–water partition coefficient (Wildman–Crippen LogP) is 1.29. The lowest BCUT2D eigenvalue weighted by Crippen LogP contribution is -2.44. The van der Waals surface area contributed by atoms with E-state index in [0.29, 0.717) is 0 Å². The van der Waals surface area contributed by atoms with Crippen molar-refractivity contribution in [1.82, 2.24) is 5.32 Å². The summed E-state index contributed by atoms with van der Waals surface area (Å²) in [6, 6.07) is 7.21. The van der Waals surface area contributed by atoms with Gasteiger partial charge in [0.1, 0.15) is 0 Å². The first-order valence-corrected chi connectivity index (χ1v) is 5.77. The van der Waals surface area contributed by atoms with Gasteiger partial charge in [0.05, 0.1) is 12.6 Å². The van der Waals surface area contributed by atoms with Gasteiger partial charge in [-0.1, -0.05) is 17.7 Å². The standard InChI is InChI=1S/C13H20N2O2/c1-9-4-6-12(7-5-9)15-13(17)11(3)14-10(2)8-16/h4-7,10-11,14,16H,8H2,1-3H3,(H,15,17). The normalized spacial score (nSPS) is 14.1. The zero-order chi connectivity index (χ0) is 12.8. The van der Waals surface area contributed by atoms with Gasteiger partial charge in [0.25, 0.3) is 0 Å². The van der Waals surface area contributed by atoms with Crippen molar-refractivity contribution < 1.29 is 9.90 Å². The predicted molar refractivity (Wildman–Crippen MR) is 69.0 cm³/mol. The summed E-state index contributed by atoms with van der Waals surface area (Å²) in [5, 5.41) is 14.7. The number of aliphatic hydroxyl groups is 1. The van der Waals surface area contributed by atoms with Crippen LogP contribution in [0.1, 0.15) is 19.4 Å². The van der Waals surface area contributed by atoms with Crippen LogP contribution in [0.4, 0.5) is 5.69 Å². The molecule has 1 rings (SSSR count). The van der Waals surface area contributed by atoms with Crippen LogP contribution in [0.2, 0.25) is 0 Å². The molecule has 0 aliphatic heterocycles. The molecule has 4 heteroatoms. The first-order chi connectivity index (χ1) is 8.02. The molecule has 0 saturated heterocycles. The fourth-order valence-corrected chi connectivity index (χ4v) is 1.44. The summed E-state index contributed by atoms with van der Waals surface area (Å²) in [5.41, 5.74) is 1.94. The molecule has 0 aromatic heterocycles. The van der Waals surface area contributed by atoms with E-state index in [9.17, 15) is 4.79 Å². The number of amides is 1. The fourth-order valence-electron chi connectivity index (χ4n) is 1.44. The van der Waals surface area contributed by atoms with E-state index < -0.39 is 0 Å². The first kappa shape index (κ1) is 13.7. The van der Waals surface area contributed by atoms with Gasteiger partial charge in [-0.25, -0.2) is 0 Å². The molecular formula is C13H20N2O2. The van der Waals surface area contributed by atoms with Gasteiger partial charge in [0, 0.05) is 11.7 Å². The van der Waals surface area contributed by atoms with Gasteiger partial charge in [-0.3, -0.25) is 4.79 Å². The molecule has 1 aromatic rings. The van der Waals surface area contributed by atoms with Crippen LogP contribution in [0.5, 0.6) is 0 Å². The van der Waals surface area contributed by atoms with E-state index in [1.165, 1.54) is 0 Å². The molecule has 0 fully saturated rings. The third kappa shape index (κ3) is 4.54. The van der Waals surface area contributed by atoms with E-state index in [4.69, 9.17) is 5.11 Å². The Hall–Kier alpha value is -1.39. The van der Waals surface area contributed by atoms with Crippen molar-refractivity contribution >= 4 is 11.6 Å². The lowest BCUT2D eigenvalue weighted by atomic mass is 10.2. The number of hydrogen-bond donors (Lipinski definition) is 3. The maximum atomic E-state index is 11.8. The van der Waals surface area contributed by atoms with Crippen molar-refractivity contribution in [2.24, 2.45) is 0 Å². The molecule has 1 aromatic carbocycles. The molecule has 2 atom stereocenters. The zero-order valence-electron chi connectivity index (χ0n) is 10.5. The zero-order valence-corrected chi connectivity index (χ0v) is 10.5. The Morgan fingerprint density at radius 1 is 1.29 bits per heavy atom. The topological polar surface area (TPSA) is 61.4 Å². The number of rotatable bonds is 5. The van der Waals surface area contributed by atoms with E-state index in [-0.39, 0.29) is 24.6 Å². The third-order valence-electron chi connectivity index (χ3n) is 2.52. The Kier molecular flexibility index (Phi) is 5.12. The van der Waals surface area contributed by atoms with Gasteiger partial charge in [0.15, 0.2) is 0 Å². The van der Waals surface area contributed by atoms with Gasteiger partial charge in [-0.2, -0.15) is 0 Å². The van der Waals surface area contributed by atoms with E-state index in [2.05, 4.69) is 10.6 Å². The highest BCUT2D eigenvalue weighted by atomic mass is 16.3. The Morgan fingerprint density at radius 3 is 2.41 bits per heavy atom. The lowest BCUT2D eigenvalue weighted by molar-refractivity contribution is -0.118. The smallest absolute Gasteiger partial charge is 0.241 e. The molecule has 3 N–H and O–H groups in total. The van der Waals surface area contributed by atoms with Crippen molar-refractivity contribution in [3.63, 3.8) is 0 Å². The van der Waals surface area contributed by atoms with Crippen LogP contribution in [-0.4, -0.2) is 29.7 Å². The van der Waals surface area contributed by atoms with Gasteiger partial charge in [-0.05, 0) is 32.9 Å². The highest BCUT2D eigenvalue weighted by Gasteiger charge is 2.14. The maximum Gasteiger partial charge on any atom is 0.241 e. The monoisotopic (exact) mass is 236 g/mol. The number of aryl methyl sites for hydroxylation is 1. The maximum absolute atomic E-state index is 11.8. The largest absolute Gasteiger partial charge is 0.395 e. The van der Waals surface area contributed by atoms with Crippen LogP contribution in [0, 0.1) is 6.92 Å². The molecule has 0 bridgehead atoms. The minimum atomic E-state index is -0.335. The molecule has 17 heavy (non-hydrogen) atoms. The van der Waals surface area contributed by atoms with Crippen LogP contribution in [-0.2, 0) is 4.79 Å².